The van der Waals surface area contributed by atoms with Crippen molar-refractivity contribution in [3.63, 3.8) is 0 Å². The van der Waals surface area contributed by atoms with Gasteiger partial charge in [0.1, 0.15) is 95.5 Å². The van der Waals surface area contributed by atoms with E-state index in [1.165, 1.54) is 69.9 Å². The maximum atomic E-state index is 13.5. The fraction of sp³-hybridized carbons (Fsp3) is 0.385. The number of carbonyl (C=O) groups is 1. The van der Waals surface area contributed by atoms with Crippen LogP contribution < -0.4 is 19.6 Å². The maximum Gasteiger partial charge on any atom is 0.330 e. The Hall–Kier alpha value is -5.48. The molecule has 19 nitrogen and oxygen atoms in total. The van der Waals surface area contributed by atoms with Crippen LogP contribution in [0.3, 0.4) is 0 Å². The topological polar surface area (TPSA) is 294 Å². The highest BCUT2D eigenvalue weighted by molar-refractivity contribution is 5.89. The summed E-state index contributed by atoms with van der Waals surface area (Å²) in [6.07, 6.45) is -15.7. The fourth-order valence-electron chi connectivity index (χ4n) is 6.69. The molecule has 58 heavy (non-hydrogen) atoms. The Labute approximate surface area is 328 Å². The van der Waals surface area contributed by atoms with Crippen molar-refractivity contribution in [1.29, 1.82) is 0 Å². The van der Waals surface area contributed by atoms with E-state index < -0.39 is 91.6 Å². The molecule has 2 aliphatic rings. The van der Waals surface area contributed by atoms with Crippen molar-refractivity contribution in [1.82, 2.24) is 0 Å². The number of hydrogen-bond acceptors (Lipinski definition) is 19. The number of esters is 1. The van der Waals surface area contributed by atoms with Crippen molar-refractivity contribution in [2.45, 2.75) is 61.2 Å². The first kappa shape index (κ1) is 42.1. The monoisotopic (exact) mass is 814 g/mol. The molecule has 0 unspecified atom stereocenters. The zero-order chi connectivity index (χ0) is 42.0. The lowest BCUT2D eigenvalue weighted by Crippen LogP contribution is -2.63. The van der Waals surface area contributed by atoms with Crippen molar-refractivity contribution in [2.24, 2.45) is 0 Å². The van der Waals surface area contributed by atoms with Gasteiger partial charge in [-0.05, 0) is 48.0 Å². The van der Waals surface area contributed by atoms with Gasteiger partial charge in [-0.25, -0.2) is 4.79 Å². The highest BCUT2D eigenvalue weighted by Gasteiger charge is 2.52. The number of hydrogen-bond donors (Lipinski definition) is 9. The summed E-state index contributed by atoms with van der Waals surface area (Å²) in [5, 5.41) is 95.8. The van der Waals surface area contributed by atoms with Crippen LogP contribution in [0.1, 0.15) is 17.2 Å². The number of aliphatic hydroxyl groups is 6. The van der Waals surface area contributed by atoms with Gasteiger partial charge in [-0.3, -0.25) is 4.79 Å². The number of phenolic OH excluding ortho intramolecular Hbond substituents is 3. The third-order valence-electron chi connectivity index (χ3n) is 9.78. The van der Waals surface area contributed by atoms with Gasteiger partial charge in [0.2, 0.25) is 5.75 Å². The third-order valence-corrected chi connectivity index (χ3v) is 9.78. The molecule has 19 heteroatoms. The SMILES string of the molecule is COc1cc(C=CC(=O)OC[C@H]2O[C@@H](O[C@@H]3[C@@H](O)[C@H](O)[C@@H](CO)O[C@H]3c3c(OC)cc4oc(-c5ccc(O)cc5)cc(=O)c4c3O)[C@H](O)[C@@H](O)[C@@H]2O)cc(OC)c1O. The molecule has 0 saturated carbocycles. The zero-order valence-electron chi connectivity index (χ0n) is 31.1. The molecule has 312 valence electrons. The van der Waals surface area contributed by atoms with Crippen molar-refractivity contribution >= 4 is 23.0 Å². The van der Waals surface area contributed by atoms with Crippen LogP contribution in [0.25, 0.3) is 28.4 Å². The molecule has 6 rings (SSSR count). The van der Waals surface area contributed by atoms with E-state index in [-0.39, 0.29) is 51.0 Å². The van der Waals surface area contributed by atoms with Gasteiger partial charge in [0.25, 0.3) is 0 Å². The molecule has 3 aromatic carbocycles. The number of phenols is 3. The number of methoxy groups -OCH3 is 3. The second-order valence-corrected chi connectivity index (χ2v) is 13.3. The number of rotatable bonds is 12. The largest absolute Gasteiger partial charge is 0.508 e. The first-order chi connectivity index (χ1) is 27.7. The summed E-state index contributed by atoms with van der Waals surface area (Å²) in [5.41, 5.74) is -0.367. The van der Waals surface area contributed by atoms with Gasteiger partial charge in [0, 0.05) is 23.8 Å². The third kappa shape index (κ3) is 8.25. The molecule has 0 aliphatic carbocycles. The lowest BCUT2D eigenvalue weighted by atomic mass is 9.89. The predicted molar refractivity (Wildman–Crippen MR) is 197 cm³/mol. The van der Waals surface area contributed by atoms with E-state index in [4.69, 9.17) is 37.6 Å². The van der Waals surface area contributed by atoms with Gasteiger partial charge >= 0.3 is 5.97 Å². The Balaban J connectivity index is 1.27. The van der Waals surface area contributed by atoms with Gasteiger partial charge in [0.05, 0.1) is 33.5 Å². The minimum Gasteiger partial charge on any atom is -0.508 e. The molecule has 10 atom stereocenters. The fourth-order valence-corrected chi connectivity index (χ4v) is 6.69. The van der Waals surface area contributed by atoms with Crippen LogP contribution in [0.15, 0.2) is 63.8 Å². The lowest BCUT2D eigenvalue weighted by molar-refractivity contribution is -0.342. The summed E-state index contributed by atoms with van der Waals surface area (Å²) in [4.78, 5) is 26.2. The Morgan fingerprint density at radius 1 is 0.759 bits per heavy atom. The van der Waals surface area contributed by atoms with Crippen molar-refractivity contribution in [3.8, 4) is 45.8 Å². The molecule has 9 N–H and O–H groups in total. The summed E-state index contributed by atoms with van der Waals surface area (Å²) in [6, 6.07) is 11.0. The Morgan fingerprint density at radius 2 is 1.40 bits per heavy atom. The van der Waals surface area contributed by atoms with Gasteiger partial charge in [-0.2, -0.15) is 0 Å². The molecular formula is C39H42O19. The average Bonchev–Trinajstić information content (AvgIpc) is 3.21. The summed E-state index contributed by atoms with van der Waals surface area (Å²) in [6.45, 7) is -1.53. The van der Waals surface area contributed by atoms with Gasteiger partial charge in [-0.1, -0.05) is 0 Å². The van der Waals surface area contributed by atoms with Crippen molar-refractivity contribution < 1.29 is 88.3 Å². The summed E-state index contributed by atoms with van der Waals surface area (Å²) >= 11 is 0. The quantitative estimate of drug-likeness (QED) is 0.0682. The second kappa shape index (κ2) is 17.6. The van der Waals surface area contributed by atoms with Crippen molar-refractivity contribution in [3.05, 3.63) is 76.0 Å². The average molecular weight is 815 g/mol. The lowest BCUT2D eigenvalue weighted by Gasteiger charge is -2.46. The van der Waals surface area contributed by atoms with Crippen LogP contribution in [0.2, 0.25) is 0 Å². The predicted octanol–water partition coefficient (Wildman–Crippen LogP) is 0.206. The van der Waals surface area contributed by atoms with Gasteiger partial charge in [0.15, 0.2) is 23.2 Å². The van der Waals surface area contributed by atoms with E-state index in [1.54, 1.807) is 0 Å². The van der Waals surface area contributed by atoms with Crippen LogP contribution in [-0.4, -0.2) is 142 Å². The minimum atomic E-state index is -2.01. The Bertz CT molecular complexity index is 2160. The molecule has 2 fully saturated rings. The van der Waals surface area contributed by atoms with E-state index in [0.29, 0.717) is 11.1 Å². The molecule has 0 amide bonds. The molecule has 0 radical (unpaired) electrons. The standard InChI is InChI=1S/C39H42O19/c1-51-21-13-22-28(19(42)12-20(55-22)17-5-7-18(41)8-6-17)33(47)29(21)37-38(35(49)31(45)25(14-40)56-37)58-39-36(50)34(48)32(46)26(57-39)15-54-27(43)9-4-16-10-23(52-2)30(44)24(11-16)53-3/h4-13,25-26,31-32,34-41,44-50H,14-15H2,1-3H3/t25-,26-,31-,32-,34+,35+,36-,37+,38-,39+/m1/s1. The molecule has 2 saturated heterocycles. The van der Waals surface area contributed by atoms with Crippen molar-refractivity contribution in [2.75, 3.05) is 34.5 Å². The second-order valence-electron chi connectivity index (χ2n) is 13.3. The van der Waals surface area contributed by atoms with Gasteiger partial charge < -0.3 is 83.5 Å². The number of benzene rings is 3. The molecule has 0 spiro atoms. The van der Waals surface area contributed by atoms with Crippen LogP contribution in [0.4, 0.5) is 0 Å². The summed E-state index contributed by atoms with van der Waals surface area (Å²) in [5.74, 6) is -1.91. The molecule has 3 heterocycles. The van der Waals surface area contributed by atoms with E-state index in [9.17, 15) is 55.5 Å². The smallest absolute Gasteiger partial charge is 0.330 e. The van der Waals surface area contributed by atoms with E-state index in [2.05, 4.69) is 0 Å². The number of ether oxygens (including phenoxy) is 7. The highest BCUT2D eigenvalue weighted by Crippen LogP contribution is 2.47. The molecule has 1 aromatic heterocycles. The Kier molecular flexibility index (Phi) is 12.8. The van der Waals surface area contributed by atoms with Crippen LogP contribution in [-0.2, 0) is 23.7 Å². The maximum absolute atomic E-state index is 13.5. The summed E-state index contributed by atoms with van der Waals surface area (Å²) < 4.78 is 44.5. The van der Waals surface area contributed by atoms with E-state index in [0.717, 1.165) is 12.1 Å². The van der Waals surface area contributed by atoms with Crippen LogP contribution in [0, 0.1) is 0 Å². The number of aromatic hydroxyl groups is 3. The first-order valence-electron chi connectivity index (χ1n) is 17.7. The Morgan fingerprint density at radius 3 is 2.02 bits per heavy atom. The number of fused-ring (bicyclic) bond motifs is 1. The van der Waals surface area contributed by atoms with E-state index >= 15 is 0 Å². The van der Waals surface area contributed by atoms with E-state index in [1.807, 2.05) is 0 Å². The number of aliphatic hydroxyl groups excluding tert-OH is 6. The van der Waals surface area contributed by atoms with Crippen LogP contribution in [0.5, 0.6) is 34.5 Å². The van der Waals surface area contributed by atoms with Gasteiger partial charge in [-0.15, -0.1) is 0 Å². The highest BCUT2D eigenvalue weighted by atomic mass is 16.7. The molecule has 4 aromatic rings. The minimum absolute atomic E-state index is 0.0242. The zero-order valence-corrected chi connectivity index (χ0v) is 31.1. The summed E-state index contributed by atoms with van der Waals surface area (Å²) in [7, 11) is 3.86. The number of carbonyl (C=O) groups excluding carboxylic acids is 1. The molecule has 0 bridgehead atoms. The first-order valence-corrected chi connectivity index (χ1v) is 17.7. The molecular weight excluding hydrogens is 772 g/mol. The molecule has 2 aliphatic heterocycles. The normalized spacial score (nSPS) is 27.4. The van der Waals surface area contributed by atoms with Crippen LogP contribution >= 0.6 is 0 Å².